The van der Waals surface area contributed by atoms with Gasteiger partial charge in [-0.2, -0.15) is 0 Å². The van der Waals surface area contributed by atoms with Crippen molar-refractivity contribution in [1.82, 2.24) is 0 Å². The Morgan fingerprint density at radius 2 is 2.00 bits per heavy atom. The van der Waals surface area contributed by atoms with Gasteiger partial charge in [0.2, 0.25) is 0 Å². The number of hydrogen-bond donors (Lipinski definition) is 1. The molecule has 0 saturated carbocycles. The van der Waals surface area contributed by atoms with Gasteiger partial charge in [-0.1, -0.05) is 18.2 Å². The van der Waals surface area contributed by atoms with E-state index < -0.39 is 12.0 Å². The zero-order valence-electron chi connectivity index (χ0n) is 8.08. The molecule has 1 N–H and O–H groups in total. The summed E-state index contributed by atoms with van der Waals surface area (Å²) in [5, 5.41) is 10.0. The van der Waals surface area contributed by atoms with E-state index in [1.165, 1.54) is 6.07 Å². The minimum absolute atomic E-state index is 0.108. The maximum Gasteiger partial charge on any atom is 0.277 e. The lowest BCUT2D eigenvalue weighted by molar-refractivity contribution is -0.103. The second-order valence-corrected chi connectivity index (χ2v) is 3.55. The molecule has 2 rings (SSSR count). The summed E-state index contributed by atoms with van der Waals surface area (Å²) in [6.45, 7) is 0.658. The maximum absolute atomic E-state index is 12.8. The number of fused-ring (bicyclic) bond motifs is 1. The fraction of sp³-hybridized carbons (Fsp3) is 0.273. The van der Waals surface area contributed by atoms with Gasteiger partial charge in [-0.3, -0.25) is 0 Å². The number of halogens is 2. The zero-order chi connectivity index (χ0) is 11.1. The Labute approximate surface area is 85.1 Å². The first-order valence-electron chi connectivity index (χ1n) is 4.53. The number of aliphatic hydroxyl groups is 1. The average molecular weight is 212 g/mol. The highest BCUT2D eigenvalue weighted by Crippen LogP contribution is 2.33. The fourth-order valence-corrected chi connectivity index (χ4v) is 1.39. The third-order valence-corrected chi connectivity index (χ3v) is 2.19. The van der Waals surface area contributed by atoms with Crippen LogP contribution in [0, 0.1) is 0 Å². The first-order chi connectivity index (χ1) is 6.98. The van der Waals surface area contributed by atoms with Gasteiger partial charge in [-0.15, -0.1) is 0 Å². The largest absolute Gasteiger partial charge is 0.458 e. The molecule has 0 bridgehead atoms. The average Bonchev–Trinajstić information content (AvgIpc) is 2.58. The van der Waals surface area contributed by atoms with E-state index in [2.05, 4.69) is 0 Å². The van der Waals surface area contributed by atoms with Crippen molar-refractivity contribution < 1.29 is 18.3 Å². The summed E-state index contributed by atoms with van der Waals surface area (Å²) in [7, 11) is 0. The first-order valence-corrected chi connectivity index (χ1v) is 4.53. The SMILES string of the molecule is CC(F)(F)C(O)c1cc2ccccc2o1. The summed E-state index contributed by atoms with van der Waals surface area (Å²) in [5.41, 5.74) is 0.496. The smallest absolute Gasteiger partial charge is 0.277 e. The summed E-state index contributed by atoms with van der Waals surface area (Å²) >= 11 is 0. The van der Waals surface area contributed by atoms with Gasteiger partial charge in [-0.25, -0.2) is 8.78 Å². The molecule has 1 heterocycles. The minimum atomic E-state index is -3.20. The monoisotopic (exact) mass is 212 g/mol. The van der Waals surface area contributed by atoms with Crippen LogP contribution in [0.1, 0.15) is 18.8 Å². The molecule has 0 aliphatic carbocycles. The van der Waals surface area contributed by atoms with Gasteiger partial charge in [0.25, 0.3) is 5.92 Å². The fourth-order valence-electron chi connectivity index (χ4n) is 1.39. The number of para-hydroxylation sites is 1. The topological polar surface area (TPSA) is 33.4 Å². The molecule has 2 aromatic rings. The van der Waals surface area contributed by atoms with E-state index in [1.54, 1.807) is 24.3 Å². The second kappa shape index (κ2) is 3.31. The van der Waals surface area contributed by atoms with Crippen LogP contribution in [0.25, 0.3) is 11.0 Å². The van der Waals surface area contributed by atoms with Crippen molar-refractivity contribution in [3.8, 4) is 0 Å². The summed E-state index contributed by atoms with van der Waals surface area (Å²) < 4.78 is 30.8. The van der Waals surface area contributed by atoms with E-state index in [-0.39, 0.29) is 5.76 Å². The van der Waals surface area contributed by atoms with Gasteiger partial charge in [0, 0.05) is 12.3 Å². The predicted octanol–water partition coefficient (Wildman–Crippen LogP) is 3.12. The molecular formula is C11H10F2O2. The first kappa shape index (κ1) is 10.1. The molecule has 0 radical (unpaired) electrons. The second-order valence-electron chi connectivity index (χ2n) is 3.55. The Hall–Kier alpha value is -1.42. The van der Waals surface area contributed by atoms with Crippen molar-refractivity contribution >= 4 is 11.0 Å². The molecule has 0 fully saturated rings. The standard InChI is InChI=1S/C11H10F2O2/c1-11(12,13)10(14)9-6-7-4-2-3-5-8(7)15-9/h2-6,10,14H,1H3. The van der Waals surface area contributed by atoms with Crippen LogP contribution in [-0.2, 0) is 0 Å². The lowest BCUT2D eigenvalue weighted by atomic mass is 10.1. The summed E-state index contributed by atoms with van der Waals surface area (Å²) in [6.07, 6.45) is -1.90. The zero-order valence-corrected chi connectivity index (χ0v) is 8.08. The molecular weight excluding hydrogens is 202 g/mol. The van der Waals surface area contributed by atoms with Crippen molar-refractivity contribution in [2.45, 2.75) is 19.0 Å². The normalized spacial score (nSPS) is 14.4. The van der Waals surface area contributed by atoms with Gasteiger partial charge in [0.1, 0.15) is 11.3 Å². The summed E-state index contributed by atoms with van der Waals surface area (Å²) in [4.78, 5) is 0. The van der Waals surface area contributed by atoms with Crippen LogP contribution in [0.3, 0.4) is 0 Å². The van der Waals surface area contributed by atoms with Gasteiger partial charge in [-0.05, 0) is 12.1 Å². The molecule has 1 unspecified atom stereocenters. The molecule has 2 nitrogen and oxygen atoms in total. The Kier molecular flexibility index (Phi) is 2.23. The van der Waals surface area contributed by atoms with Crippen LogP contribution >= 0.6 is 0 Å². The van der Waals surface area contributed by atoms with E-state index in [0.717, 1.165) is 0 Å². The molecule has 0 amide bonds. The molecule has 0 spiro atoms. The number of alkyl halides is 2. The number of hydrogen-bond acceptors (Lipinski definition) is 2. The Morgan fingerprint density at radius 3 is 2.60 bits per heavy atom. The van der Waals surface area contributed by atoms with Gasteiger partial charge in [0.05, 0.1) is 0 Å². The molecule has 1 atom stereocenters. The molecule has 0 aliphatic heterocycles. The van der Waals surface area contributed by atoms with E-state index in [9.17, 15) is 13.9 Å². The molecule has 0 saturated heterocycles. The number of rotatable bonds is 2. The summed E-state index contributed by atoms with van der Waals surface area (Å²) in [6, 6.07) is 8.35. The number of benzene rings is 1. The molecule has 80 valence electrons. The van der Waals surface area contributed by atoms with Gasteiger partial charge >= 0.3 is 0 Å². The van der Waals surface area contributed by atoms with Crippen molar-refractivity contribution in [2.75, 3.05) is 0 Å². The molecule has 15 heavy (non-hydrogen) atoms. The van der Waals surface area contributed by atoms with Crippen LogP contribution in [0.5, 0.6) is 0 Å². The van der Waals surface area contributed by atoms with Crippen molar-refractivity contribution in [2.24, 2.45) is 0 Å². The minimum Gasteiger partial charge on any atom is -0.458 e. The van der Waals surface area contributed by atoms with E-state index in [1.807, 2.05) is 0 Å². The van der Waals surface area contributed by atoms with Crippen molar-refractivity contribution in [3.63, 3.8) is 0 Å². The molecule has 4 heteroatoms. The highest BCUT2D eigenvalue weighted by atomic mass is 19.3. The van der Waals surface area contributed by atoms with E-state index in [0.29, 0.717) is 17.9 Å². The van der Waals surface area contributed by atoms with Crippen LogP contribution in [0.15, 0.2) is 34.7 Å². The molecule has 0 aliphatic rings. The predicted molar refractivity (Wildman–Crippen MR) is 51.8 cm³/mol. The number of aliphatic hydroxyl groups excluding tert-OH is 1. The highest BCUT2D eigenvalue weighted by Gasteiger charge is 2.36. The van der Waals surface area contributed by atoms with Crippen LogP contribution in [0.2, 0.25) is 0 Å². The molecule has 1 aromatic carbocycles. The third-order valence-electron chi connectivity index (χ3n) is 2.19. The van der Waals surface area contributed by atoms with Gasteiger partial charge < -0.3 is 9.52 Å². The van der Waals surface area contributed by atoms with Crippen molar-refractivity contribution in [1.29, 1.82) is 0 Å². The van der Waals surface area contributed by atoms with Crippen molar-refractivity contribution in [3.05, 3.63) is 36.1 Å². The lowest BCUT2D eigenvalue weighted by Gasteiger charge is -2.15. The quantitative estimate of drug-likeness (QED) is 0.829. The van der Waals surface area contributed by atoms with Crippen LogP contribution < -0.4 is 0 Å². The van der Waals surface area contributed by atoms with Crippen LogP contribution in [0.4, 0.5) is 8.78 Å². The Bertz CT molecular complexity index is 438. The third kappa shape index (κ3) is 1.85. The van der Waals surface area contributed by atoms with Gasteiger partial charge in [0.15, 0.2) is 6.10 Å². The maximum atomic E-state index is 12.8. The summed E-state index contributed by atoms with van der Waals surface area (Å²) in [5.74, 6) is -3.31. The van der Waals surface area contributed by atoms with Crippen LogP contribution in [-0.4, -0.2) is 11.0 Å². The number of furan rings is 1. The highest BCUT2D eigenvalue weighted by molar-refractivity contribution is 5.77. The van der Waals surface area contributed by atoms with E-state index in [4.69, 9.17) is 4.42 Å². The Balaban J connectivity index is 2.45. The molecule has 1 aromatic heterocycles. The van der Waals surface area contributed by atoms with E-state index >= 15 is 0 Å². The Morgan fingerprint density at radius 1 is 1.33 bits per heavy atom. The lowest BCUT2D eigenvalue weighted by Crippen LogP contribution is -2.21.